The molecule has 9 nitrogen and oxygen atoms in total. The van der Waals surface area contributed by atoms with Gasteiger partial charge in [-0.15, -0.1) is 0 Å². The first-order chi connectivity index (χ1) is 33.1. The minimum Gasteiger partial charge on any atom is -0.545 e. The topological polar surface area (TPSA) is 111 Å². The number of likely N-dealkylation sites (N-methyl/N-ethyl adjacent to an activating group) is 1. The van der Waals surface area contributed by atoms with Crippen LogP contribution in [-0.4, -0.2) is 82.3 Å². The molecule has 0 aliphatic rings. The van der Waals surface area contributed by atoms with Crippen molar-refractivity contribution in [3.63, 3.8) is 0 Å². The number of ether oxygens (including phenoxy) is 4. The number of unbranched alkanes of at least 4 members (excludes halogenated alkanes) is 23. The summed E-state index contributed by atoms with van der Waals surface area (Å²) in [4.78, 5) is 37.2. The molecular weight excluding hydrogens is 851 g/mol. The van der Waals surface area contributed by atoms with Gasteiger partial charge in [0.2, 0.25) is 0 Å². The first kappa shape index (κ1) is 64.7. The quantitative estimate of drug-likeness (QED) is 0.0195. The third-order valence-electron chi connectivity index (χ3n) is 11.7. The largest absolute Gasteiger partial charge is 0.545 e. The Morgan fingerprint density at radius 2 is 0.838 bits per heavy atom. The molecule has 0 rings (SSSR count). The van der Waals surface area contributed by atoms with Crippen LogP contribution in [0.4, 0.5) is 0 Å². The van der Waals surface area contributed by atoms with E-state index in [1.807, 2.05) is 21.1 Å². The summed E-state index contributed by atoms with van der Waals surface area (Å²) in [5, 5.41) is 11.8. The van der Waals surface area contributed by atoms with E-state index in [2.05, 4.69) is 86.8 Å². The smallest absolute Gasteiger partial charge is 0.306 e. The molecule has 68 heavy (non-hydrogen) atoms. The van der Waals surface area contributed by atoms with Gasteiger partial charge in [0, 0.05) is 12.8 Å². The van der Waals surface area contributed by atoms with Crippen LogP contribution in [0.3, 0.4) is 0 Å². The molecule has 0 aliphatic carbocycles. The van der Waals surface area contributed by atoms with Crippen molar-refractivity contribution >= 4 is 17.9 Å². The van der Waals surface area contributed by atoms with Crippen molar-refractivity contribution in [1.29, 1.82) is 0 Å². The van der Waals surface area contributed by atoms with Gasteiger partial charge < -0.3 is 33.3 Å². The minimum absolute atomic E-state index is 0.143. The number of hydrogen-bond donors (Lipinski definition) is 0. The number of nitrogens with zero attached hydrogens (tertiary/aromatic N) is 1. The third kappa shape index (κ3) is 50.6. The molecule has 2 unspecified atom stereocenters. The van der Waals surface area contributed by atoms with Gasteiger partial charge in [-0.1, -0.05) is 202 Å². The van der Waals surface area contributed by atoms with Gasteiger partial charge in [-0.2, -0.15) is 0 Å². The maximum Gasteiger partial charge on any atom is 0.306 e. The Labute approximate surface area is 417 Å². The average Bonchev–Trinajstić information content (AvgIpc) is 3.30. The molecular formula is C59H103NO8. The van der Waals surface area contributed by atoms with Gasteiger partial charge in [0.05, 0.1) is 40.3 Å². The Morgan fingerprint density at radius 1 is 0.456 bits per heavy atom. The van der Waals surface area contributed by atoms with Crippen molar-refractivity contribution < 1.29 is 42.9 Å². The highest BCUT2D eigenvalue weighted by Gasteiger charge is 2.22. The molecule has 0 heterocycles. The van der Waals surface area contributed by atoms with Crippen LogP contribution in [0.2, 0.25) is 0 Å². The Morgan fingerprint density at radius 3 is 1.26 bits per heavy atom. The van der Waals surface area contributed by atoms with E-state index in [1.165, 1.54) is 96.3 Å². The minimum atomic E-state index is -1.63. The van der Waals surface area contributed by atoms with Crippen LogP contribution in [0.1, 0.15) is 226 Å². The zero-order chi connectivity index (χ0) is 49.9. The Hall–Kier alpha value is -3.27. The number of quaternary nitrogens is 1. The normalized spacial score (nSPS) is 13.4. The van der Waals surface area contributed by atoms with Crippen molar-refractivity contribution in [2.75, 3.05) is 47.5 Å². The molecule has 0 spiro atoms. The van der Waals surface area contributed by atoms with Gasteiger partial charge in [-0.3, -0.25) is 9.59 Å². The summed E-state index contributed by atoms with van der Waals surface area (Å²) < 4.78 is 22.7. The Bertz CT molecular complexity index is 1340. The number of hydrogen-bond acceptors (Lipinski definition) is 8. The van der Waals surface area contributed by atoms with Crippen molar-refractivity contribution in [2.45, 2.75) is 238 Å². The van der Waals surface area contributed by atoms with Crippen LogP contribution < -0.4 is 5.11 Å². The fourth-order valence-electron chi connectivity index (χ4n) is 7.44. The molecule has 0 aromatic carbocycles. The number of carbonyl (C=O) groups is 3. The number of carboxylic acid groups (broad SMARTS) is 1. The van der Waals surface area contributed by atoms with Gasteiger partial charge >= 0.3 is 11.9 Å². The molecule has 0 radical (unpaired) electrons. The molecule has 0 aliphatic heterocycles. The first-order valence-electron chi connectivity index (χ1n) is 27.6. The maximum absolute atomic E-state index is 12.8. The standard InChI is InChI=1S/C59H103NO8/c1-6-8-10-12-14-16-18-20-22-24-25-26-27-28-29-30-31-32-33-34-36-38-40-42-44-46-48-50-57(62)68-55(54-67-59(58(63)64)65-52-51-60(3,4)5)53-66-56(61)49-47-45-43-41-39-37-35-23-21-19-17-15-13-11-9-7-2/h8,10,14,16,20,22-23,25-26,28-29,35,55,59H,6-7,9,11-13,15,17-19,21,24,27,30-34,36-54H2,1-5H3/b10-8-,16-14-,22-20-,26-25-,29-28-,35-23-. The Kier molecular flexibility index (Phi) is 47.7. The highest BCUT2D eigenvalue weighted by molar-refractivity contribution is 5.70. The zero-order valence-corrected chi connectivity index (χ0v) is 44.5. The van der Waals surface area contributed by atoms with E-state index in [9.17, 15) is 19.5 Å². The van der Waals surface area contributed by atoms with Crippen LogP contribution >= 0.6 is 0 Å². The van der Waals surface area contributed by atoms with Crippen molar-refractivity contribution in [2.24, 2.45) is 0 Å². The fraction of sp³-hybridized carbons (Fsp3) is 0.746. The van der Waals surface area contributed by atoms with Crippen LogP contribution in [0.15, 0.2) is 72.9 Å². The molecule has 9 heteroatoms. The fourth-order valence-corrected chi connectivity index (χ4v) is 7.44. The third-order valence-corrected chi connectivity index (χ3v) is 11.7. The monoisotopic (exact) mass is 954 g/mol. The summed E-state index contributed by atoms with van der Waals surface area (Å²) in [5.74, 6) is -2.30. The van der Waals surface area contributed by atoms with Gasteiger partial charge in [0.1, 0.15) is 13.2 Å². The zero-order valence-electron chi connectivity index (χ0n) is 44.5. The van der Waals surface area contributed by atoms with E-state index < -0.39 is 24.3 Å². The molecule has 2 atom stereocenters. The predicted octanol–water partition coefficient (Wildman–Crippen LogP) is 14.5. The van der Waals surface area contributed by atoms with Gasteiger partial charge in [-0.25, -0.2) is 0 Å². The SMILES string of the molecule is CC/C=C\C/C=C\C/C=C\C/C=C\C/C=C\CCCCCCCCCCCCCC(=O)OC(COC(=O)CCCCCCC/C=C\CCCCCCCCC)COC(OCC[N+](C)(C)C)C(=O)[O-]. The molecule has 0 saturated heterocycles. The number of carboxylic acids is 1. The molecule has 0 fully saturated rings. The molecule has 0 N–H and O–H groups in total. The molecule has 0 amide bonds. The highest BCUT2D eigenvalue weighted by atomic mass is 16.7. The highest BCUT2D eigenvalue weighted by Crippen LogP contribution is 2.15. The molecule has 0 aromatic heterocycles. The Balaban J connectivity index is 4.27. The maximum atomic E-state index is 12.8. The summed E-state index contributed by atoms with van der Waals surface area (Å²) in [5.41, 5.74) is 0. The summed E-state index contributed by atoms with van der Waals surface area (Å²) >= 11 is 0. The van der Waals surface area contributed by atoms with E-state index in [1.54, 1.807) is 0 Å². The van der Waals surface area contributed by atoms with Crippen molar-refractivity contribution in [3.05, 3.63) is 72.9 Å². The van der Waals surface area contributed by atoms with E-state index in [0.717, 1.165) is 96.3 Å². The lowest BCUT2D eigenvalue weighted by molar-refractivity contribution is -0.870. The van der Waals surface area contributed by atoms with E-state index >= 15 is 0 Å². The number of aliphatic carboxylic acids is 1. The number of carbonyl (C=O) groups excluding carboxylic acids is 3. The van der Waals surface area contributed by atoms with Gasteiger partial charge in [0.25, 0.3) is 0 Å². The van der Waals surface area contributed by atoms with E-state index in [0.29, 0.717) is 17.4 Å². The summed E-state index contributed by atoms with van der Waals surface area (Å²) in [6.07, 6.45) is 60.8. The summed E-state index contributed by atoms with van der Waals surface area (Å²) in [7, 11) is 5.91. The molecule has 0 aromatic rings. The van der Waals surface area contributed by atoms with Gasteiger partial charge in [0.15, 0.2) is 12.4 Å². The van der Waals surface area contributed by atoms with Crippen molar-refractivity contribution in [1.82, 2.24) is 0 Å². The number of esters is 2. The van der Waals surface area contributed by atoms with Gasteiger partial charge in [-0.05, 0) is 83.5 Å². The second-order valence-corrected chi connectivity index (χ2v) is 19.5. The summed E-state index contributed by atoms with van der Waals surface area (Å²) in [6, 6.07) is 0. The van der Waals surface area contributed by atoms with E-state index in [4.69, 9.17) is 18.9 Å². The number of rotatable bonds is 50. The van der Waals surface area contributed by atoms with E-state index in [-0.39, 0.29) is 38.6 Å². The number of allylic oxidation sites excluding steroid dienone is 12. The lowest BCUT2D eigenvalue weighted by Crippen LogP contribution is -2.44. The predicted molar refractivity (Wildman–Crippen MR) is 283 cm³/mol. The summed E-state index contributed by atoms with van der Waals surface area (Å²) in [6.45, 7) is 4.62. The molecule has 0 saturated carbocycles. The first-order valence-corrected chi connectivity index (χ1v) is 27.6. The van der Waals surface area contributed by atoms with Crippen LogP contribution in [0.5, 0.6) is 0 Å². The second kappa shape index (κ2) is 50.1. The lowest BCUT2D eigenvalue weighted by Gasteiger charge is -2.26. The van der Waals surface area contributed by atoms with Crippen LogP contribution in [0, 0.1) is 0 Å². The average molecular weight is 954 g/mol. The van der Waals surface area contributed by atoms with Crippen molar-refractivity contribution in [3.8, 4) is 0 Å². The lowest BCUT2D eigenvalue weighted by atomic mass is 10.0. The second-order valence-electron chi connectivity index (χ2n) is 19.5. The molecule has 0 bridgehead atoms. The van der Waals surface area contributed by atoms with Crippen LogP contribution in [0.25, 0.3) is 0 Å². The van der Waals surface area contributed by atoms with Crippen LogP contribution in [-0.2, 0) is 33.3 Å². The molecule has 392 valence electrons.